The van der Waals surface area contributed by atoms with Gasteiger partial charge in [0, 0.05) is 0 Å². The summed E-state index contributed by atoms with van der Waals surface area (Å²) in [6.45, 7) is 0. The highest BCUT2D eigenvalue weighted by Crippen LogP contribution is 2.11. The highest BCUT2D eigenvalue weighted by molar-refractivity contribution is 7.89. The van der Waals surface area contributed by atoms with E-state index in [0.29, 0.717) is 0 Å². The summed E-state index contributed by atoms with van der Waals surface area (Å²) in [5.41, 5.74) is 0.0698. The number of pyridine rings is 1. The van der Waals surface area contributed by atoms with E-state index in [2.05, 4.69) is 4.98 Å². The molecule has 0 bridgehead atoms. The second kappa shape index (κ2) is 3.99. The first kappa shape index (κ1) is 11.0. The van der Waals surface area contributed by atoms with Gasteiger partial charge in [-0.05, 0) is 12.1 Å². The molecular weight excluding hydrogens is 211 g/mol. The number of aliphatic hydroxyl groups is 1. The number of hydrogen-bond donors (Lipinski definition) is 2. The summed E-state index contributed by atoms with van der Waals surface area (Å²) >= 11 is 0. The van der Waals surface area contributed by atoms with Crippen molar-refractivity contribution < 1.29 is 17.9 Å². The first-order chi connectivity index (χ1) is 6.38. The molecule has 1 heterocycles. The van der Waals surface area contributed by atoms with Crippen LogP contribution >= 0.6 is 0 Å². The van der Waals surface area contributed by atoms with Gasteiger partial charge in [-0.2, -0.15) is 0 Å². The van der Waals surface area contributed by atoms with Crippen LogP contribution in [0.4, 0.5) is 4.39 Å². The quantitative estimate of drug-likeness (QED) is 0.721. The molecule has 0 saturated carbocycles. The molecule has 0 aliphatic heterocycles. The lowest BCUT2D eigenvalue weighted by Gasteiger charge is -2.07. The molecular formula is C7H9FN2O3S. The zero-order valence-electron chi connectivity index (χ0n) is 7.09. The van der Waals surface area contributed by atoms with Crippen molar-refractivity contribution in [1.29, 1.82) is 0 Å². The number of aliphatic hydroxyl groups excluding tert-OH is 1. The second-order valence-corrected chi connectivity index (χ2v) is 4.41. The SMILES string of the molecule is NS(=O)(=O)CC(O)c1ccc(F)cn1. The molecule has 0 amide bonds. The summed E-state index contributed by atoms with van der Waals surface area (Å²) in [6.07, 6.45) is -0.438. The van der Waals surface area contributed by atoms with Crippen molar-refractivity contribution in [3.8, 4) is 0 Å². The molecule has 0 saturated heterocycles. The molecule has 0 radical (unpaired) electrons. The smallest absolute Gasteiger partial charge is 0.212 e. The van der Waals surface area contributed by atoms with Gasteiger partial charge in [-0.25, -0.2) is 17.9 Å². The number of nitrogens with zero attached hydrogens (tertiary/aromatic N) is 1. The van der Waals surface area contributed by atoms with Crippen molar-refractivity contribution in [2.24, 2.45) is 5.14 Å². The predicted octanol–water partition coefficient (Wildman–Crippen LogP) is -0.457. The molecule has 0 aliphatic carbocycles. The van der Waals surface area contributed by atoms with Crippen molar-refractivity contribution in [1.82, 2.24) is 4.98 Å². The van der Waals surface area contributed by atoms with Gasteiger partial charge in [0.1, 0.15) is 11.9 Å². The molecule has 1 atom stereocenters. The second-order valence-electron chi connectivity index (χ2n) is 2.75. The fourth-order valence-corrected chi connectivity index (χ4v) is 1.50. The maximum absolute atomic E-state index is 12.4. The van der Waals surface area contributed by atoms with Gasteiger partial charge in [-0.15, -0.1) is 0 Å². The average molecular weight is 220 g/mol. The Balaban J connectivity index is 2.80. The lowest BCUT2D eigenvalue weighted by molar-refractivity contribution is 0.196. The Bertz CT molecular complexity index is 403. The Morgan fingerprint density at radius 3 is 2.64 bits per heavy atom. The van der Waals surface area contributed by atoms with Crippen LogP contribution in [0.2, 0.25) is 0 Å². The molecule has 1 rings (SSSR count). The monoisotopic (exact) mass is 220 g/mol. The summed E-state index contributed by atoms with van der Waals surface area (Å²) in [5.74, 6) is -1.19. The van der Waals surface area contributed by atoms with E-state index in [1.54, 1.807) is 0 Å². The maximum Gasteiger partial charge on any atom is 0.212 e. The summed E-state index contributed by atoms with van der Waals surface area (Å²) in [4.78, 5) is 3.52. The van der Waals surface area contributed by atoms with Crippen LogP contribution in [0.25, 0.3) is 0 Å². The Morgan fingerprint density at radius 1 is 1.57 bits per heavy atom. The largest absolute Gasteiger partial charge is 0.386 e. The standard InChI is InChI=1S/C7H9FN2O3S/c8-5-1-2-6(10-3-5)7(11)4-14(9,12)13/h1-3,7,11H,4H2,(H2,9,12,13). The maximum atomic E-state index is 12.4. The summed E-state index contributed by atoms with van der Waals surface area (Å²) in [5, 5.41) is 14.0. The van der Waals surface area contributed by atoms with Crippen LogP contribution in [0, 0.1) is 5.82 Å². The van der Waals surface area contributed by atoms with Crippen molar-refractivity contribution in [2.45, 2.75) is 6.10 Å². The first-order valence-corrected chi connectivity index (χ1v) is 5.40. The Morgan fingerprint density at radius 2 is 2.21 bits per heavy atom. The van der Waals surface area contributed by atoms with Gasteiger partial charge in [-0.3, -0.25) is 4.98 Å². The lowest BCUT2D eigenvalue weighted by Crippen LogP contribution is -2.22. The van der Waals surface area contributed by atoms with Gasteiger partial charge in [0.15, 0.2) is 0 Å². The minimum Gasteiger partial charge on any atom is -0.386 e. The number of nitrogens with two attached hydrogens (primary N) is 1. The number of sulfonamides is 1. The Kier molecular flexibility index (Phi) is 3.14. The molecule has 7 heteroatoms. The topological polar surface area (TPSA) is 93.3 Å². The molecule has 0 aliphatic rings. The molecule has 0 fully saturated rings. The van der Waals surface area contributed by atoms with E-state index < -0.39 is 27.7 Å². The van der Waals surface area contributed by atoms with Gasteiger partial charge in [0.05, 0.1) is 17.6 Å². The van der Waals surface area contributed by atoms with Gasteiger partial charge >= 0.3 is 0 Å². The van der Waals surface area contributed by atoms with Crippen molar-refractivity contribution in [2.75, 3.05) is 5.75 Å². The summed E-state index contributed by atoms with van der Waals surface area (Å²) in [6, 6.07) is 2.28. The number of primary sulfonamides is 1. The van der Waals surface area contributed by atoms with E-state index in [9.17, 15) is 17.9 Å². The van der Waals surface area contributed by atoms with Crippen LogP contribution in [0.3, 0.4) is 0 Å². The number of halogens is 1. The lowest BCUT2D eigenvalue weighted by atomic mass is 10.2. The van der Waals surface area contributed by atoms with Gasteiger partial charge in [-0.1, -0.05) is 0 Å². The van der Waals surface area contributed by atoms with Crippen LogP contribution < -0.4 is 5.14 Å². The van der Waals surface area contributed by atoms with E-state index in [0.717, 1.165) is 12.3 Å². The van der Waals surface area contributed by atoms with Crippen molar-refractivity contribution >= 4 is 10.0 Å². The fourth-order valence-electron chi connectivity index (χ4n) is 0.890. The van der Waals surface area contributed by atoms with Gasteiger partial charge < -0.3 is 5.11 Å². The number of rotatable bonds is 3. The third-order valence-corrected chi connectivity index (χ3v) is 2.26. The van der Waals surface area contributed by atoms with E-state index in [1.807, 2.05) is 0 Å². The third kappa shape index (κ3) is 3.36. The van der Waals surface area contributed by atoms with E-state index >= 15 is 0 Å². The molecule has 0 aromatic carbocycles. The number of aromatic nitrogens is 1. The summed E-state index contributed by atoms with van der Waals surface area (Å²) < 4.78 is 33.6. The molecule has 1 aromatic rings. The Hall–Kier alpha value is -1.05. The van der Waals surface area contributed by atoms with Crippen LogP contribution in [-0.2, 0) is 10.0 Å². The molecule has 1 aromatic heterocycles. The van der Waals surface area contributed by atoms with Gasteiger partial charge in [0.25, 0.3) is 0 Å². The zero-order chi connectivity index (χ0) is 10.8. The Labute approximate surface area is 80.4 Å². The van der Waals surface area contributed by atoms with Crippen LogP contribution in [0.15, 0.2) is 18.3 Å². The zero-order valence-corrected chi connectivity index (χ0v) is 7.91. The molecule has 0 spiro atoms. The van der Waals surface area contributed by atoms with E-state index in [4.69, 9.17) is 5.14 Å². The minimum absolute atomic E-state index is 0.0698. The molecule has 78 valence electrons. The summed E-state index contributed by atoms with van der Waals surface area (Å²) in [7, 11) is -3.77. The van der Waals surface area contributed by atoms with E-state index in [1.165, 1.54) is 6.07 Å². The van der Waals surface area contributed by atoms with Crippen LogP contribution in [0.1, 0.15) is 11.8 Å². The normalized spacial score (nSPS) is 13.9. The highest BCUT2D eigenvalue weighted by atomic mass is 32.2. The molecule has 1 unspecified atom stereocenters. The fraction of sp³-hybridized carbons (Fsp3) is 0.286. The minimum atomic E-state index is -3.77. The third-order valence-electron chi connectivity index (χ3n) is 1.48. The predicted molar refractivity (Wildman–Crippen MR) is 47.1 cm³/mol. The van der Waals surface area contributed by atoms with Crippen molar-refractivity contribution in [3.63, 3.8) is 0 Å². The van der Waals surface area contributed by atoms with E-state index in [-0.39, 0.29) is 5.69 Å². The first-order valence-electron chi connectivity index (χ1n) is 3.68. The van der Waals surface area contributed by atoms with Crippen LogP contribution in [0.5, 0.6) is 0 Å². The molecule has 5 nitrogen and oxygen atoms in total. The molecule has 3 N–H and O–H groups in total. The van der Waals surface area contributed by atoms with Crippen LogP contribution in [-0.4, -0.2) is 24.3 Å². The average Bonchev–Trinajstić information content (AvgIpc) is 2.02. The number of hydrogen-bond acceptors (Lipinski definition) is 4. The van der Waals surface area contributed by atoms with Gasteiger partial charge in [0.2, 0.25) is 10.0 Å². The molecule has 14 heavy (non-hydrogen) atoms. The highest BCUT2D eigenvalue weighted by Gasteiger charge is 2.15. The van der Waals surface area contributed by atoms with Crippen molar-refractivity contribution in [3.05, 3.63) is 29.8 Å².